The summed E-state index contributed by atoms with van der Waals surface area (Å²) in [6, 6.07) is 5.81. The lowest BCUT2D eigenvalue weighted by atomic mass is 10.0. The van der Waals surface area contributed by atoms with Crippen LogP contribution in [0, 0.1) is 5.82 Å². The first-order valence-electron chi connectivity index (χ1n) is 6.95. The van der Waals surface area contributed by atoms with E-state index in [0.717, 1.165) is 25.7 Å². The fraction of sp³-hybridized carbons (Fsp3) is 0.533. The average Bonchev–Trinajstić information content (AvgIpc) is 2.84. The maximum Gasteiger partial charge on any atom is 0.223 e. The smallest absolute Gasteiger partial charge is 0.223 e. The molecule has 0 aliphatic heterocycles. The van der Waals surface area contributed by atoms with Crippen LogP contribution in [0.2, 0.25) is 0 Å². The Morgan fingerprint density at radius 1 is 1.40 bits per heavy atom. The van der Waals surface area contributed by atoms with E-state index in [4.69, 9.17) is 4.74 Å². The molecule has 110 valence electrons. The molecule has 0 atom stereocenters. The number of nitrogens with one attached hydrogen (secondary N) is 1. The van der Waals surface area contributed by atoms with Crippen LogP contribution < -0.4 is 10.1 Å². The Bertz CT molecular complexity index is 458. The number of carbonyl (C=O) groups is 1. The summed E-state index contributed by atoms with van der Waals surface area (Å²) in [6.07, 6.45) is 3.69. The minimum absolute atomic E-state index is 0.165. The maximum atomic E-state index is 12.9. The predicted molar refractivity (Wildman–Crippen MR) is 72.9 cm³/mol. The van der Waals surface area contributed by atoms with Crippen LogP contribution in [-0.2, 0) is 4.79 Å². The van der Waals surface area contributed by atoms with E-state index >= 15 is 0 Å². The molecule has 2 N–H and O–H groups in total. The molecule has 4 nitrogen and oxygen atoms in total. The first kappa shape index (κ1) is 14.8. The summed E-state index contributed by atoms with van der Waals surface area (Å²) in [5, 5.41) is 12.8. The van der Waals surface area contributed by atoms with Gasteiger partial charge < -0.3 is 15.2 Å². The number of rotatable bonds is 6. The minimum atomic E-state index is -0.737. The zero-order valence-electron chi connectivity index (χ0n) is 11.4. The summed E-state index contributed by atoms with van der Waals surface area (Å²) in [5.74, 6) is -0.121. The summed E-state index contributed by atoms with van der Waals surface area (Å²) in [6.45, 7) is 0.486. The SMILES string of the molecule is O=C(CCOc1cccc(F)c1)NCC1(O)CCCC1. The molecule has 1 saturated carbocycles. The number of ether oxygens (including phenoxy) is 1. The number of aliphatic hydroxyl groups is 1. The lowest BCUT2D eigenvalue weighted by Crippen LogP contribution is -2.41. The highest BCUT2D eigenvalue weighted by atomic mass is 19.1. The molecule has 20 heavy (non-hydrogen) atoms. The van der Waals surface area contributed by atoms with Gasteiger partial charge in [-0.05, 0) is 25.0 Å². The third-order valence-electron chi connectivity index (χ3n) is 3.54. The molecule has 0 bridgehead atoms. The fourth-order valence-electron chi connectivity index (χ4n) is 2.38. The molecule has 1 aliphatic carbocycles. The van der Waals surface area contributed by atoms with E-state index in [1.54, 1.807) is 12.1 Å². The Hall–Kier alpha value is -1.62. The summed E-state index contributed by atoms with van der Waals surface area (Å²) in [7, 11) is 0. The van der Waals surface area contributed by atoms with Gasteiger partial charge >= 0.3 is 0 Å². The molecule has 2 rings (SSSR count). The largest absolute Gasteiger partial charge is 0.493 e. The second kappa shape index (κ2) is 6.70. The Morgan fingerprint density at radius 2 is 2.15 bits per heavy atom. The van der Waals surface area contributed by atoms with Crippen molar-refractivity contribution >= 4 is 5.91 Å². The topological polar surface area (TPSA) is 58.6 Å². The number of hydrogen-bond acceptors (Lipinski definition) is 3. The van der Waals surface area contributed by atoms with Gasteiger partial charge in [0.05, 0.1) is 18.6 Å². The first-order valence-corrected chi connectivity index (χ1v) is 6.95. The van der Waals surface area contributed by atoms with Gasteiger partial charge in [0.2, 0.25) is 5.91 Å². The van der Waals surface area contributed by atoms with Gasteiger partial charge in [-0.1, -0.05) is 18.9 Å². The number of hydrogen-bond donors (Lipinski definition) is 2. The van der Waals surface area contributed by atoms with Crippen LogP contribution in [0.4, 0.5) is 4.39 Å². The van der Waals surface area contributed by atoms with E-state index in [9.17, 15) is 14.3 Å². The summed E-state index contributed by atoms with van der Waals surface area (Å²) >= 11 is 0. The highest BCUT2D eigenvalue weighted by Crippen LogP contribution is 2.28. The Labute approximate surface area is 117 Å². The second-order valence-corrected chi connectivity index (χ2v) is 5.26. The molecule has 1 aliphatic rings. The highest BCUT2D eigenvalue weighted by Gasteiger charge is 2.31. The number of halogens is 1. The molecule has 0 saturated heterocycles. The van der Waals surface area contributed by atoms with Gasteiger partial charge in [0.1, 0.15) is 11.6 Å². The number of benzene rings is 1. The molecule has 1 amide bonds. The Balaban J connectivity index is 1.65. The Kier molecular flexibility index (Phi) is 4.95. The quantitative estimate of drug-likeness (QED) is 0.838. The van der Waals surface area contributed by atoms with Crippen LogP contribution in [0.1, 0.15) is 32.1 Å². The fourth-order valence-corrected chi connectivity index (χ4v) is 2.38. The molecular formula is C15H20FNO3. The molecular weight excluding hydrogens is 261 g/mol. The zero-order valence-corrected chi connectivity index (χ0v) is 11.4. The molecule has 5 heteroatoms. The van der Waals surface area contributed by atoms with Gasteiger partial charge in [-0.2, -0.15) is 0 Å². The lowest BCUT2D eigenvalue weighted by Gasteiger charge is -2.22. The van der Waals surface area contributed by atoms with Crippen molar-refractivity contribution in [3.05, 3.63) is 30.1 Å². The van der Waals surface area contributed by atoms with Crippen molar-refractivity contribution in [2.45, 2.75) is 37.7 Å². The van der Waals surface area contributed by atoms with Gasteiger partial charge in [0.25, 0.3) is 0 Å². The van der Waals surface area contributed by atoms with Crippen molar-refractivity contribution in [1.82, 2.24) is 5.32 Å². The maximum absolute atomic E-state index is 12.9. The molecule has 0 aromatic heterocycles. The molecule has 1 aromatic carbocycles. The summed E-state index contributed by atoms with van der Waals surface area (Å²) < 4.78 is 18.2. The van der Waals surface area contributed by atoms with E-state index in [-0.39, 0.29) is 24.8 Å². The molecule has 0 spiro atoms. The summed E-state index contributed by atoms with van der Waals surface area (Å²) in [5.41, 5.74) is -0.737. The van der Waals surface area contributed by atoms with Crippen molar-refractivity contribution in [2.24, 2.45) is 0 Å². The second-order valence-electron chi connectivity index (χ2n) is 5.26. The average molecular weight is 281 g/mol. The van der Waals surface area contributed by atoms with Gasteiger partial charge in [-0.25, -0.2) is 4.39 Å². The van der Waals surface area contributed by atoms with Crippen molar-refractivity contribution in [3.63, 3.8) is 0 Å². The van der Waals surface area contributed by atoms with Crippen LogP contribution >= 0.6 is 0 Å². The number of carbonyl (C=O) groups excluding carboxylic acids is 1. The normalized spacial score (nSPS) is 16.9. The van der Waals surface area contributed by atoms with Gasteiger partial charge in [-0.15, -0.1) is 0 Å². The zero-order chi connectivity index (χ0) is 14.4. The third-order valence-corrected chi connectivity index (χ3v) is 3.54. The number of amides is 1. The van der Waals surface area contributed by atoms with E-state index in [1.165, 1.54) is 12.1 Å². The standard InChI is InChI=1S/C15H20FNO3/c16-12-4-3-5-13(10-12)20-9-6-14(18)17-11-15(19)7-1-2-8-15/h3-5,10,19H,1-2,6-9,11H2,(H,17,18). The molecule has 0 heterocycles. The van der Waals surface area contributed by atoms with E-state index in [2.05, 4.69) is 5.32 Å². The monoisotopic (exact) mass is 281 g/mol. The van der Waals surface area contributed by atoms with Gasteiger partial charge in [0.15, 0.2) is 0 Å². The van der Waals surface area contributed by atoms with E-state index < -0.39 is 5.60 Å². The van der Waals surface area contributed by atoms with Crippen LogP contribution in [-0.4, -0.2) is 29.8 Å². The van der Waals surface area contributed by atoms with Crippen LogP contribution in [0.5, 0.6) is 5.75 Å². The van der Waals surface area contributed by atoms with Gasteiger partial charge in [-0.3, -0.25) is 4.79 Å². The molecule has 0 radical (unpaired) electrons. The third kappa shape index (κ3) is 4.49. The van der Waals surface area contributed by atoms with Crippen LogP contribution in [0.15, 0.2) is 24.3 Å². The molecule has 1 aromatic rings. The molecule has 1 fully saturated rings. The minimum Gasteiger partial charge on any atom is -0.493 e. The summed E-state index contributed by atoms with van der Waals surface area (Å²) in [4.78, 5) is 11.6. The van der Waals surface area contributed by atoms with Crippen molar-refractivity contribution in [1.29, 1.82) is 0 Å². The van der Waals surface area contributed by atoms with Gasteiger partial charge in [0, 0.05) is 12.6 Å². The van der Waals surface area contributed by atoms with Crippen molar-refractivity contribution in [2.75, 3.05) is 13.2 Å². The molecule has 0 unspecified atom stereocenters. The highest BCUT2D eigenvalue weighted by molar-refractivity contribution is 5.76. The predicted octanol–water partition coefficient (Wildman–Crippen LogP) is 2.02. The van der Waals surface area contributed by atoms with E-state index in [1.807, 2.05) is 0 Å². The Morgan fingerprint density at radius 3 is 2.85 bits per heavy atom. The van der Waals surface area contributed by atoms with E-state index in [0.29, 0.717) is 12.3 Å². The van der Waals surface area contributed by atoms with Crippen LogP contribution in [0.25, 0.3) is 0 Å². The lowest BCUT2D eigenvalue weighted by molar-refractivity contribution is -0.122. The van der Waals surface area contributed by atoms with Crippen LogP contribution in [0.3, 0.4) is 0 Å². The van der Waals surface area contributed by atoms with Crippen molar-refractivity contribution in [3.8, 4) is 5.75 Å². The first-order chi connectivity index (χ1) is 9.57. The van der Waals surface area contributed by atoms with Crippen molar-refractivity contribution < 1.29 is 19.0 Å².